The zero-order valence-electron chi connectivity index (χ0n) is 24.5. The molecule has 0 aliphatic heterocycles. The van der Waals surface area contributed by atoms with E-state index in [1.165, 1.54) is 29.5 Å². The molecule has 0 spiro atoms. The van der Waals surface area contributed by atoms with Crippen molar-refractivity contribution in [2.75, 3.05) is 7.11 Å². The monoisotopic (exact) mass is 484 g/mol. The van der Waals surface area contributed by atoms with Crippen LogP contribution in [0.5, 0.6) is 0 Å². The third-order valence-electron chi connectivity index (χ3n) is 8.52. The van der Waals surface area contributed by atoms with Crippen molar-refractivity contribution in [3.8, 4) is 0 Å². The number of allylic oxidation sites excluding steroid dienone is 2. The second-order valence-corrected chi connectivity index (χ2v) is 10.8. The third-order valence-corrected chi connectivity index (χ3v) is 8.52. The minimum atomic E-state index is -0.198. The van der Waals surface area contributed by atoms with Crippen LogP contribution in [0.3, 0.4) is 0 Å². The molecule has 1 heterocycles. The van der Waals surface area contributed by atoms with Crippen LogP contribution in [0.2, 0.25) is 0 Å². The van der Waals surface area contributed by atoms with Crippen molar-refractivity contribution < 1.29 is 9.53 Å². The number of carbonyl (C=O) groups excluding carboxylic acids is 1. The molecule has 4 heteroatoms. The topological polar surface area (TPSA) is 63.0 Å². The van der Waals surface area contributed by atoms with E-state index in [1.807, 2.05) is 20.8 Å². The lowest BCUT2D eigenvalue weighted by Crippen LogP contribution is -2.48. The number of fused-ring (bicyclic) bond motifs is 3. The Bertz CT molecular complexity index is 873. The quantitative estimate of drug-likeness (QED) is 0.325. The molecule has 4 rings (SSSR count). The number of nitrogens with zero attached hydrogens (tertiary/aromatic N) is 1. The first-order valence-electron chi connectivity index (χ1n) is 13.7. The van der Waals surface area contributed by atoms with Crippen LogP contribution in [0.1, 0.15) is 117 Å². The van der Waals surface area contributed by atoms with E-state index in [2.05, 4.69) is 60.6 Å². The van der Waals surface area contributed by atoms with E-state index in [9.17, 15) is 4.79 Å². The molecule has 1 aromatic heterocycles. The molecule has 0 amide bonds. The summed E-state index contributed by atoms with van der Waals surface area (Å²) >= 11 is 0. The Hall–Kier alpha value is -1.97. The second-order valence-electron chi connectivity index (χ2n) is 10.8. The number of esters is 1. The Morgan fingerprint density at radius 1 is 1.03 bits per heavy atom. The smallest absolute Gasteiger partial charge is 0.311 e. The van der Waals surface area contributed by atoms with Gasteiger partial charge in [0.15, 0.2) is 0 Å². The summed E-state index contributed by atoms with van der Waals surface area (Å²) in [5, 5.41) is 7.72. The molecule has 0 radical (unpaired) electrons. The van der Waals surface area contributed by atoms with Crippen LogP contribution in [0.25, 0.3) is 0 Å². The fourth-order valence-corrected chi connectivity index (χ4v) is 5.77. The number of rotatable bonds is 6. The molecule has 198 valence electrons. The number of aromatic nitrogens is 1. The Balaban J connectivity index is 0.000000357. The number of nitrogens with one attached hydrogen (secondary N) is 1. The van der Waals surface area contributed by atoms with Gasteiger partial charge >= 0.3 is 5.97 Å². The summed E-state index contributed by atoms with van der Waals surface area (Å²) in [4.78, 5) is 16.9. The van der Waals surface area contributed by atoms with E-state index in [4.69, 9.17) is 15.1 Å². The van der Waals surface area contributed by atoms with Gasteiger partial charge in [0, 0.05) is 22.5 Å². The van der Waals surface area contributed by atoms with Crippen molar-refractivity contribution in [3.05, 3.63) is 40.2 Å². The first-order valence-corrected chi connectivity index (χ1v) is 13.7. The summed E-state index contributed by atoms with van der Waals surface area (Å²) in [5.41, 5.74) is 6.99. The number of ether oxygens (including phenoxy) is 1. The number of aryl methyl sites for hydroxylation is 2. The molecule has 3 fully saturated rings. The number of hydrogen-bond acceptors (Lipinski definition) is 4. The standard InChI is InChI=1S/C17H23NO2.C12H23N.C2H6/c1-12-4-5-14(18-13(12)2)16-6-9-17(10-7-16,11-8-16)15(19)20-3;1-7-9(4)10(5)12(8(2)3)11(6)13;1-2/h4-5H,6-11H2,1-3H3;8-9,13H,7H2,1-6H3;1-2H3/b;12-10-,13-11?;. The van der Waals surface area contributed by atoms with Crippen LogP contribution in [-0.4, -0.2) is 23.8 Å². The minimum Gasteiger partial charge on any atom is -0.469 e. The highest BCUT2D eigenvalue weighted by molar-refractivity contribution is 5.96. The number of methoxy groups -OCH3 is 1. The van der Waals surface area contributed by atoms with Crippen molar-refractivity contribution in [2.24, 2.45) is 17.3 Å². The largest absolute Gasteiger partial charge is 0.469 e. The summed E-state index contributed by atoms with van der Waals surface area (Å²) in [6, 6.07) is 4.38. The Labute approximate surface area is 215 Å². The van der Waals surface area contributed by atoms with Crippen molar-refractivity contribution >= 4 is 11.7 Å². The predicted octanol–water partition coefficient (Wildman–Crippen LogP) is 8.53. The average Bonchev–Trinajstić information content (AvgIpc) is 2.86. The van der Waals surface area contributed by atoms with E-state index in [0.29, 0.717) is 11.8 Å². The summed E-state index contributed by atoms with van der Waals surface area (Å²) in [6.07, 6.45) is 7.22. The van der Waals surface area contributed by atoms with Gasteiger partial charge < -0.3 is 10.1 Å². The highest BCUT2D eigenvalue weighted by Gasteiger charge is 2.54. The van der Waals surface area contributed by atoms with Crippen LogP contribution in [0.15, 0.2) is 23.3 Å². The van der Waals surface area contributed by atoms with Crippen molar-refractivity contribution in [1.29, 1.82) is 5.41 Å². The van der Waals surface area contributed by atoms with Gasteiger partial charge in [-0.3, -0.25) is 9.78 Å². The Morgan fingerprint density at radius 3 is 1.91 bits per heavy atom. The molecule has 1 aromatic rings. The van der Waals surface area contributed by atoms with Crippen LogP contribution < -0.4 is 0 Å². The number of pyridine rings is 1. The highest BCUT2D eigenvalue weighted by Crippen LogP contribution is 2.57. The Morgan fingerprint density at radius 2 is 1.54 bits per heavy atom. The molecule has 1 unspecified atom stereocenters. The van der Waals surface area contributed by atoms with Crippen molar-refractivity contribution in [1.82, 2.24) is 4.98 Å². The second kappa shape index (κ2) is 13.4. The molecule has 3 aliphatic carbocycles. The van der Waals surface area contributed by atoms with Crippen molar-refractivity contribution in [2.45, 2.75) is 120 Å². The maximum atomic E-state index is 12.0. The zero-order valence-corrected chi connectivity index (χ0v) is 24.5. The van der Waals surface area contributed by atoms with Gasteiger partial charge in [0.1, 0.15) is 0 Å². The maximum absolute atomic E-state index is 12.0. The lowest BCUT2D eigenvalue weighted by atomic mass is 9.52. The fraction of sp³-hybridized carbons (Fsp3) is 0.710. The van der Waals surface area contributed by atoms with Gasteiger partial charge in [-0.25, -0.2) is 0 Å². The van der Waals surface area contributed by atoms with E-state index in [1.54, 1.807) is 0 Å². The zero-order chi connectivity index (χ0) is 27.0. The SMILES string of the molecule is CC.CCC(C)/C(C)=C(\C(C)=N)C(C)C.COC(=O)C12CCC(c3ccc(C)c(C)n3)(CC1)CC2. The van der Waals surface area contributed by atoms with Gasteiger partial charge in [0.05, 0.1) is 12.5 Å². The van der Waals surface area contributed by atoms with Crippen LogP contribution >= 0.6 is 0 Å². The minimum absolute atomic E-state index is 0.00107. The third kappa shape index (κ3) is 7.05. The first-order chi connectivity index (χ1) is 16.4. The first kappa shape index (κ1) is 31.1. The molecule has 35 heavy (non-hydrogen) atoms. The van der Waals surface area contributed by atoms with Gasteiger partial charge in [-0.2, -0.15) is 0 Å². The molecular weight excluding hydrogens is 432 g/mol. The van der Waals surface area contributed by atoms with Crippen LogP contribution in [0, 0.1) is 36.5 Å². The summed E-state index contributed by atoms with van der Waals surface area (Å²) in [6.45, 7) is 21.0. The van der Waals surface area contributed by atoms with E-state index in [-0.39, 0.29) is 16.8 Å². The van der Waals surface area contributed by atoms with Gasteiger partial charge in [-0.1, -0.05) is 53.2 Å². The highest BCUT2D eigenvalue weighted by atomic mass is 16.5. The van der Waals surface area contributed by atoms with E-state index >= 15 is 0 Å². The van der Waals surface area contributed by atoms with E-state index < -0.39 is 0 Å². The normalized spacial score (nSPS) is 24.3. The lowest BCUT2D eigenvalue weighted by molar-refractivity contribution is -0.160. The predicted molar refractivity (Wildman–Crippen MR) is 149 cm³/mol. The molecule has 0 aromatic carbocycles. The molecule has 3 aliphatic rings. The van der Waals surface area contributed by atoms with Gasteiger partial charge in [0.2, 0.25) is 0 Å². The van der Waals surface area contributed by atoms with Crippen molar-refractivity contribution in [3.63, 3.8) is 0 Å². The van der Waals surface area contributed by atoms with Gasteiger partial charge in [0.25, 0.3) is 0 Å². The summed E-state index contributed by atoms with van der Waals surface area (Å²) < 4.78 is 5.03. The molecule has 0 saturated heterocycles. The Kier molecular flexibility index (Phi) is 11.9. The van der Waals surface area contributed by atoms with Crippen LogP contribution in [0.4, 0.5) is 0 Å². The van der Waals surface area contributed by atoms with Gasteiger partial charge in [-0.15, -0.1) is 0 Å². The fourth-order valence-electron chi connectivity index (χ4n) is 5.77. The summed E-state index contributed by atoms with van der Waals surface area (Å²) in [5.74, 6) is 1.09. The molecule has 1 atom stereocenters. The number of hydrogen-bond donors (Lipinski definition) is 1. The van der Waals surface area contributed by atoms with E-state index in [0.717, 1.165) is 56.4 Å². The molecule has 2 bridgehead atoms. The summed E-state index contributed by atoms with van der Waals surface area (Å²) in [7, 11) is 1.51. The van der Waals surface area contributed by atoms with Crippen LogP contribution in [-0.2, 0) is 14.9 Å². The molecule has 3 saturated carbocycles. The lowest BCUT2D eigenvalue weighted by Gasteiger charge is -2.51. The molecular formula is C31H52N2O2. The number of carbonyl (C=O) groups is 1. The molecule has 4 nitrogen and oxygen atoms in total. The average molecular weight is 485 g/mol. The maximum Gasteiger partial charge on any atom is 0.311 e. The van der Waals surface area contributed by atoms with Gasteiger partial charge in [-0.05, 0) is 102 Å². The molecule has 1 N–H and O–H groups in total.